The van der Waals surface area contributed by atoms with Crippen LogP contribution in [0.2, 0.25) is 0 Å². The Hall–Kier alpha value is -2.61. The molecule has 0 atom stereocenters. The molecule has 0 fully saturated rings. The average molecular weight is 360 g/mol. The zero-order valence-corrected chi connectivity index (χ0v) is 14.3. The van der Waals surface area contributed by atoms with Gasteiger partial charge in [-0.15, -0.1) is 11.3 Å². The van der Waals surface area contributed by atoms with Crippen LogP contribution in [0.25, 0.3) is 4.96 Å². The summed E-state index contributed by atoms with van der Waals surface area (Å²) in [4.78, 5) is 28.7. The van der Waals surface area contributed by atoms with Gasteiger partial charge in [-0.05, 0) is 30.7 Å². The first-order valence-corrected chi connectivity index (χ1v) is 8.83. The van der Waals surface area contributed by atoms with Gasteiger partial charge in [-0.1, -0.05) is 0 Å². The number of nitrogens with one attached hydrogen (secondary N) is 1. The Morgan fingerprint density at radius 2 is 2.00 bits per heavy atom. The Balaban J connectivity index is 1.36. The second kappa shape index (κ2) is 7.98. The summed E-state index contributed by atoms with van der Waals surface area (Å²) in [6, 6.07) is 5.44. The first-order chi connectivity index (χ1) is 12.1. The SMILES string of the molecule is O=C(CCCC(=O)c1ccc(F)cc1)NCCc1csc2ncnn12. The molecule has 0 radical (unpaired) electrons. The van der Waals surface area contributed by atoms with Crippen LogP contribution in [-0.4, -0.2) is 32.8 Å². The van der Waals surface area contributed by atoms with E-state index in [1.165, 1.54) is 41.9 Å². The molecule has 6 nitrogen and oxygen atoms in total. The molecule has 2 heterocycles. The van der Waals surface area contributed by atoms with Crippen molar-refractivity contribution in [1.29, 1.82) is 0 Å². The van der Waals surface area contributed by atoms with Crippen molar-refractivity contribution in [3.8, 4) is 0 Å². The maximum absolute atomic E-state index is 12.8. The van der Waals surface area contributed by atoms with Gasteiger partial charge in [0.2, 0.25) is 10.9 Å². The molecule has 130 valence electrons. The van der Waals surface area contributed by atoms with Crippen LogP contribution in [0, 0.1) is 5.82 Å². The first-order valence-electron chi connectivity index (χ1n) is 7.95. The Labute approximate surface area is 147 Å². The van der Waals surface area contributed by atoms with Gasteiger partial charge in [-0.25, -0.2) is 13.9 Å². The number of ketones is 1. The van der Waals surface area contributed by atoms with E-state index in [0.29, 0.717) is 24.9 Å². The van der Waals surface area contributed by atoms with E-state index in [2.05, 4.69) is 15.4 Å². The summed E-state index contributed by atoms with van der Waals surface area (Å²) < 4.78 is 14.6. The normalized spacial score (nSPS) is 10.9. The number of rotatable bonds is 8. The zero-order valence-electron chi connectivity index (χ0n) is 13.4. The number of aromatic nitrogens is 3. The van der Waals surface area contributed by atoms with Gasteiger partial charge in [0.1, 0.15) is 12.1 Å². The van der Waals surface area contributed by atoms with Gasteiger partial charge >= 0.3 is 0 Å². The van der Waals surface area contributed by atoms with Gasteiger partial charge in [-0.2, -0.15) is 5.10 Å². The lowest BCUT2D eigenvalue weighted by atomic mass is 10.1. The fraction of sp³-hybridized carbons (Fsp3) is 0.294. The minimum Gasteiger partial charge on any atom is -0.356 e. The fourth-order valence-electron chi connectivity index (χ4n) is 2.45. The molecule has 25 heavy (non-hydrogen) atoms. The van der Waals surface area contributed by atoms with Crippen LogP contribution in [0.1, 0.15) is 35.3 Å². The number of benzene rings is 1. The molecule has 0 aliphatic rings. The molecule has 0 bridgehead atoms. The Kier molecular flexibility index (Phi) is 5.49. The van der Waals surface area contributed by atoms with Crippen LogP contribution >= 0.6 is 11.3 Å². The highest BCUT2D eigenvalue weighted by molar-refractivity contribution is 7.15. The van der Waals surface area contributed by atoms with Crippen LogP contribution in [0.3, 0.4) is 0 Å². The summed E-state index contributed by atoms with van der Waals surface area (Å²) in [6.07, 6.45) is 3.20. The van der Waals surface area contributed by atoms with Gasteiger partial charge in [0.05, 0.1) is 5.69 Å². The number of halogens is 1. The third-order valence-corrected chi connectivity index (χ3v) is 4.65. The standard InChI is InChI=1S/C17H17FN4O2S/c18-13-6-4-12(5-7-13)15(23)2-1-3-16(24)19-9-8-14-10-25-17-20-11-21-22(14)17/h4-7,10-11H,1-3,8-9H2,(H,19,24). The average Bonchev–Trinajstić information content (AvgIpc) is 3.20. The van der Waals surface area contributed by atoms with Crippen molar-refractivity contribution >= 4 is 28.0 Å². The van der Waals surface area contributed by atoms with Gasteiger partial charge < -0.3 is 5.32 Å². The molecule has 2 aromatic heterocycles. The van der Waals surface area contributed by atoms with E-state index in [0.717, 1.165) is 10.7 Å². The molecule has 0 aliphatic carbocycles. The van der Waals surface area contributed by atoms with Crippen molar-refractivity contribution in [3.63, 3.8) is 0 Å². The van der Waals surface area contributed by atoms with Gasteiger partial charge in [0.15, 0.2) is 5.78 Å². The van der Waals surface area contributed by atoms with Crippen molar-refractivity contribution in [2.75, 3.05) is 6.54 Å². The molecule has 3 aromatic rings. The minimum atomic E-state index is -0.371. The second-order valence-electron chi connectivity index (χ2n) is 5.57. The van der Waals surface area contributed by atoms with E-state index in [1.54, 1.807) is 4.52 Å². The summed E-state index contributed by atoms with van der Waals surface area (Å²) in [5, 5.41) is 8.94. The molecular formula is C17H17FN4O2S. The maximum Gasteiger partial charge on any atom is 0.220 e. The predicted molar refractivity (Wildman–Crippen MR) is 92.2 cm³/mol. The minimum absolute atomic E-state index is 0.0837. The topological polar surface area (TPSA) is 76.4 Å². The molecule has 0 aliphatic heterocycles. The molecule has 1 aromatic carbocycles. The summed E-state index contributed by atoms with van der Waals surface area (Å²) in [7, 11) is 0. The summed E-state index contributed by atoms with van der Waals surface area (Å²) in [6.45, 7) is 0.510. The molecule has 0 saturated heterocycles. The second-order valence-corrected chi connectivity index (χ2v) is 6.40. The number of hydrogen-bond donors (Lipinski definition) is 1. The van der Waals surface area contributed by atoms with Crippen molar-refractivity contribution in [1.82, 2.24) is 19.9 Å². The van der Waals surface area contributed by atoms with E-state index < -0.39 is 0 Å². The number of carbonyl (C=O) groups excluding carboxylic acids is 2. The molecule has 0 unspecified atom stereocenters. The van der Waals surface area contributed by atoms with Crippen LogP contribution < -0.4 is 5.32 Å². The Morgan fingerprint density at radius 3 is 2.80 bits per heavy atom. The summed E-state index contributed by atoms with van der Waals surface area (Å²) in [5.41, 5.74) is 1.47. The highest BCUT2D eigenvalue weighted by atomic mass is 32.1. The molecule has 0 spiro atoms. The number of hydrogen-bond acceptors (Lipinski definition) is 5. The lowest BCUT2D eigenvalue weighted by Gasteiger charge is -2.05. The van der Waals surface area contributed by atoms with Gasteiger partial charge in [-0.3, -0.25) is 9.59 Å². The zero-order chi connectivity index (χ0) is 17.6. The Bertz CT molecular complexity index is 872. The molecule has 0 saturated carbocycles. The molecular weight excluding hydrogens is 343 g/mol. The van der Waals surface area contributed by atoms with E-state index in [4.69, 9.17) is 0 Å². The molecule has 1 amide bonds. The smallest absolute Gasteiger partial charge is 0.220 e. The fourth-order valence-corrected chi connectivity index (χ4v) is 3.28. The van der Waals surface area contributed by atoms with Crippen molar-refractivity contribution in [2.24, 2.45) is 0 Å². The van der Waals surface area contributed by atoms with Gasteiger partial charge in [0, 0.05) is 36.8 Å². The Morgan fingerprint density at radius 1 is 1.20 bits per heavy atom. The van der Waals surface area contributed by atoms with Crippen LogP contribution in [0.4, 0.5) is 4.39 Å². The largest absolute Gasteiger partial charge is 0.356 e. The number of carbonyl (C=O) groups is 2. The lowest BCUT2D eigenvalue weighted by molar-refractivity contribution is -0.121. The number of Topliss-reactive ketones (excluding diaryl/α,β-unsaturated/α-hetero) is 1. The number of amides is 1. The molecule has 1 N–H and O–H groups in total. The van der Waals surface area contributed by atoms with Crippen LogP contribution in [0.15, 0.2) is 36.0 Å². The third kappa shape index (κ3) is 4.48. The van der Waals surface area contributed by atoms with Crippen molar-refractivity contribution < 1.29 is 14.0 Å². The monoisotopic (exact) mass is 360 g/mol. The quantitative estimate of drug-likeness (QED) is 0.627. The van der Waals surface area contributed by atoms with Crippen molar-refractivity contribution in [2.45, 2.75) is 25.7 Å². The van der Waals surface area contributed by atoms with Crippen LogP contribution in [-0.2, 0) is 11.2 Å². The summed E-state index contributed by atoms with van der Waals surface area (Å²) in [5.74, 6) is -0.540. The lowest BCUT2D eigenvalue weighted by Crippen LogP contribution is -2.25. The van der Waals surface area contributed by atoms with E-state index in [1.807, 2.05) is 5.38 Å². The van der Waals surface area contributed by atoms with E-state index in [-0.39, 0.29) is 30.3 Å². The van der Waals surface area contributed by atoms with Gasteiger partial charge in [0.25, 0.3) is 0 Å². The summed E-state index contributed by atoms with van der Waals surface area (Å²) >= 11 is 1.51. The number of thiazole rings is 1. The van der Waals surface area contributed by atoms with E-state index in [9.17, 15) is 14.0 Å². The third-order valence-electron chi connectivity index (χ3n) is 3.77. The molecule has 3 rings (SSSR count). The number of nitrogens with zero attached hydrogens (tertiary/aromatic N) is 3. The number of fused-ring (bicyclic) bond motifs is 1. The van der Waals surface area contributed by atoms with Crippen LogP contribution in [0.5, 0.6) is 0 Å². The highest BCUT2D eigenvalue weighted by Gasteiger charge is 2.09. The highest BCUT2D eigenvalue weighted by Crippen LogP contribution is 2.13. The predicted octanol–water partition coefficient (Wildman–Crippen LogP) is 2.64. The molecule has 8 heteroatoms. The first kappa shape index (κ1) is 17.2. The van der Waals surface area contributed by atoms with E-state index >= 15 is 0 Å². The maximum atomic E-state index is 12.8. The van der Waals surface area contributed by atoms with Crippen molar-refractivity contribution in [3.05, 3.63) is 53.0 Å².